The number of carbonyl (C=O) groups excluding carboxylic acids is 2. The number of aromatic nitrogens is 1. The van der Waals surface area contributed by atoms with Crippen LogP contribution in [0.1, 0.15) is 16.1 Å². The maximum absolute atomic E-state index is 12.1. The van der Waals surface area contributed by atoms with Crippen LogP contribution in [-0.4, -0.2) is 37.9 Å². The molecule has 0 aliphatic carbocycles. The van der Waals surface area contributed by atoms with Crippen molar-refractivity contribution in [2.45, 2.75) is 6.92 Å². The number of carbonyl (C=O) groups is 2. The van der Waals surface area contributed by atoms with Gasteiger partial charge in [0.2, 0.25) is 0 Å². The van der Waals surface area contributed by atoms with Gasteiger partial charge in [-0.3, -0.25) is 4.79 Å². The van der Waals surface area contributed by atoms with Gasteiger partial charge in [0.1, 0.15) is 21.7 Å². The maximum Gasteiger partial charge on any atom is 0.338 e. The summed E-state index contributed by atoms with van der Waals surface area (Å²) in [5.41, 5.74) is 0.192. The van der Waals surface area contributed by atoms with Crippen molar-refractivity contribution in [1.82, 2.24) is 5.16 Å². The largest absolute Gasteiger partial charge is 0.495 e. The minimum Gasteiger partial charge on any atom is -0.495 e. The zero-order valence-corrected chi connectivity index (χ0v) is 14.8. The van der Waals surface area contributed by atoms with Crippen LogP contribution in [0.4, 0.5) is 5.82 Å². The lowest BCUT2D eigenvalue weighted by atomic mass is 10.2. The van der Waals surface area contributed by atoms with E-state index in [0.29, 0.717) is 21.7 Å². The summed E-state index contributed by atoms with van der Waals surface area (Å²) >= 11 is 3.30. The monoisotopic (exact) mass is 398 g/mol. The minimum atomic E-state index is -0.689. The molecule has 1 aromatic heterocycles. The van der Waals surface area contributed by atoms with Crippen molar-refractivity contribution in [3.05, 3.63) is 34.0 Å². The van der Waals surface area contributed by atoms with Crippen molar-refractivity contribution in [2.24, 2.45) is 0 Å². The van der Waals surface area contributed by atoms with Crippen molar-refractivity contribution in [3.8, 4) is 11.5 Å². The standard InChI is InChI=1S/C15H15BrN2O6/c1-8-4-12(18-24-8)17-13(19)7-23-15(20)9-5-10(21-2)14(16)11(6-9)22-3/h4-6H,7H2,1-3H3,(H,17,18,19). The van der Waals surface area contributed by atoms with E-state index in [1.165, 1.54) is 26.4 Å². The molecule has 0 fully saturated rings. The zero-order chi connectivity index (χ0) is 17.7. The molecule has 0 atom stereocenters. The van der Waals surface area contributed by atoms with Crippen LogP contribution in [0.5, 0.6) is 11.5 Å². The summed E-state index contributed by atoms with van der Waals surface area (Å²) in [5, 5.41) is 6.06. The third kappa shape index (κ3) is 4.25. The van der Waals surface area contributed by atoms with Gasteiger partial charge in [0.05, 0.1) is 19.8 Å². The highest BCUT2D eigenvalue weighted by atomic mass is 79.9. The molecule has 24 heavy (non-hydrogen) atoms. The van der Waals surface area contributed by atoms with Crippen molar-refractivity contribution in [1.29, 1.82) is 0 Å². The molecule has 0 bridgehead atoms. The third-order valence-corrected chi connectivity index (χ3v) is 3.69. The fourth-order valence-corrected chi connectivity index (χ4v) is 2.36. The van der Waals surface area contributed by atoms with Crippen LogP contribution in [0, 0.1) is 6.92 Å². The molecule has 1 heterocycles. The second-order valence-corrected chi connectivity index (χ2v) is 5.43. The Morgan fingerprint density at radius 2 is 1.83 bits per heavy atom. The molecule has 2 rings (SSSR count). The number of rotatable bonds is 6. The van der Waals surface area contributed by atoms with Gasteiger partial charge in [-0.25, -0.2) is 4.79 Å². The molecule has 1 amide bonds. The van der Waals surface area contributed by atoms with E-state index in [4.69, 9.17) is 18.7 Å². The summed E-state index contributed by atoms with van der Waals surface area (Å²) in [6.07, 6.45) is 0. The van der Waals surface area contributed by atoms with Crippen LogP contribution in [0.25, 0.3) is 0 Å². The van der Waals surface area contributed by atoms with Gasteiger partial charge in [-0.2, -0.15) is 0 Å². The molecule has 9 heteroatoms. The Labute approximate surface area is 146 Å². The summed E-state index contributed by atoms with van der Waals surface area (Å²) < 4.78 is 20.7. The number of nitrogens with one attached hydrogen (secondary N) is 1. The molecule has 2 aromatic rings. The van der Waals surface area contributed by atoms with Gasteiger partial charge in [-0.1, -0.05) is 5.16 Å². The van der Waals surface area contributed by atoms with Crippen LogP contribution < -0.4 is 14.8 Å². The van der Waals surface area contributed by atoms with Gasteiger partial charge >= 0.3 is 5.97 Å². The SMILES string of the molecule is COc1cc(C(=O)OCC(=O)Nc2cc(C)on2)cc(OC)c1Br. The van der Waals surface area contributed by atoms with Crippen molar-refractivity contribution >= 4 is 33.6 Å². The molecule has 0 saturated carbocycles. The highest BCUT2D eigenvalue weighted by molar-refractivity contribution is 9.10. The number of aryl methyl sites for hydroxylation is 1. The first-order chi connectivity index (χ1) is 11.4. The van der Waals surface area contributed by atoms with Crippen LogP contribution in [0.2, 0.25) is 0 Å². The molecule has 0 radical (unpaired) electrons. The fraction of sp³-hybridized carbons (Fsp3) is 0.267. The highest BCUT2D eigenvalue weighted by Crippen LogP contribution is 2.35. The van der Waals surface area contributed by atoms with Crippen molar-refractivity contribution < 1.29 is 28.3 Å². The lowest BCUT2D eigenvalue weighted by molar-refractivity contribution is -0.119. The number of anilines is 1. The summed E-state index contributed by atoms with van der Waals surface area (Å²) in [6, 6.07) is 4.51. The number of ether oxygens (including phenoxy) is 3. The summed E-state index contributed by atoms with van der Waals surface area (Å²) in [6.45, 7) is 1.22. The number of amides is 1. The average molecular weight is 399 g/mol. The van der Waals surface area contributed by atoms with Crippen LogP contribution in [0.3, 0.4) is 0 Å². The lowest BCUT2D eigenvalue weighted by Gasteiger charge is -2.11. The third-order valence-electron chi connectivity index (χ3n) is 2.91. The van der Waals surface area contributed by atoms with E-state index in [0.717, 1.165) is 0 Å². The summed E-state index contributed by atoms with van der Waals surface area (Å²) in [5.74, 6) is 0.391. The number of hydrogen-bond acceptors (Lipinski definition) is 7. The first-order valence-electron chi connectivity index (χ1n) is 6.76. The number of halogens is 1. The van der Waals surface area contributed by atoms with Gasteiger partial charge in [-0.05, 0) is 35.0 Å². The van der Waals surface area contributed by atoms with Gasteiger partial charge in [0.15, 0.2) is 12.4 Å². The van der Waals surface area contributed by atoms with Crippen molar-refractivity contribution in [3.63, 3.8) is 0 Å². The Balaban J connectivity index is 2.00. The predicted molar refractivity (Wildman–Crippen MR) is 87.4 cm³/mol. The molecule has 0 aliphatic heterocycles. The normalized spacial score (nSPS) is 10.2. The second-order valence-electron chi connectivity index (χ2n) is 4.64. The first kappa shape index (κ1) is 17.8. The number of benzene rings is 1. The smallest absolute Gasteiger partial charge is 0.338 e. The molecular weight excluding hydrogens is 384 g/mol. The van der Waals surface area contributed by atoms with E-state index in [1.54, 1.807) is 13.0 Å². The van der Waals surface area contributed by atoms with Gasteiger partial charge in [0, 0.05) is 6.07 Å². The number of nitrogens with zero attached hydrogens (tertiary/aromatic N) is 1. The van der Waals surface area contributed by atoms with E-state index < -0.39 is 18.5 Å². The Morgan fingerprint density at radius 1 is 1.21 bits per heavy atom. The molecule has 0 aliphatic rings. The molecule has 1 N–H and O–H groups in total. The molecular formula is C15H15BrN2O6. The Morgan fingerprint density at radius 3 is 2.33 bits per heavy atom. The number of esters is 1. The lowest BCUT2D eigenvalue weighted by Crippen LogP contribution is -2.21. The maximum atomic E-state index is 12.1. The van der Waals surface area contributed by atoms with Gasteiger partial charge < -0.3 is 24.1 Å². The molecule has 8 nitrogen and oxygen atoms in total. The van der Waals surface area contributed by atoms with Crippen molar-refractivity contribution in [2.75, 3.05) is 26.1 Å². The zero-order valence-electron chi connectivity index (χ0n) is 13.2. The number of methoxy groups -OCH3 is 2. The minimum absolute atomic E-state index is 0.192. The van der Waals surface area contributed by atoms with E-state index in [1.807, 2.05) is 0 Å². The molecule has 0 saturated heterocycles. The highest BCUT2D eigenvalue weighted by Gasteiger charge is 2.17. The van der Waals surface area contributed by atoms with E-state index in [9.17, 15) is 9.59 Å². The molecule has 0 unspecified atom stereocenters. The molecule has 128 valence electrons. The number of hydrogen-bond donors (Lipinski definition) is 1. The first-order valence-corrected chi connectivity index (χ1v) is 7.55. The Kier molecular flexibility index (Phi) is 5.80. The van der Waals surface area contributed by atoms with E-state index in [2.05, 4.69) is 26.4 Å². The molecule has 0 spiro atoms. The Hall–Kier alpha value is -2.55. The van der Waals surface area contributed by atoms with E-state index in [-0.39, 0.29) is 11.4 Å². The average Bonchev–Trinajstić information content (AvgIpc) is 2.97. The van der Waals surface area contributed by atoms with Crippen LogP contribution >= 0.6 is 15.9 Å². The van der Waals surface area contributed by atoms with Gasteiger partial charge in [0.25, 0.3) is 5.91 Å². The second kappa shape index (κ2) is 7.82. The topological polar surface area (TPSA) is 99.9 Å². The summed E-state index contributed by atoms with van der Waals surface area (Å²) in [7, 11) is 2.92. The van der Waals surface area contributed by atoms with Gasteiger partial charge in [-0.15, -0.1) is 0 Å². The summed E-state index contributed by atoms with van der Waals surface area (Å²) in [4.78, 5) is 23.8. The van der Waals surface area contributed by atoms with Crippen LogP contribution in [-0.2, 0) is 9.53 Å². The Bertz CT molecular complexity index is 733. The fourth-order valence-electron chi connectivity index (χ4n) is 1.81. The predicted octanol–water partition coefficient (Wildman–Crippen LogP) is 2.56. The molecule has 1 aromatic carbocycles. The van der Waals surface area contributed by atoms with E-state index >= 15 is 0 Å². The van der Waals surface area contributed by atoms with Crippen LogP contribution in [0.15, 0.2) is 27.2 Å². The quantitative estimate of drug-likeness (QED) is 0.746.